The summed E-state index contributed by atoms with van der Waals surface area (Å²) in [6, 6.07) is 0. The van der Waals surface area contributed by atoms with Crippen LogP contribution >= 0.6 is 0 Å². The molecule has 0 saturated carbocycles. The van der Waals surface area contributed by atoms with Crippen LogP contribution in [-0.2, 0) is 0 Å². The van der Waals surface area contributed by atoms with Crippen molar-refractivity contribution >= 4 is 0 Å². The van der Waals surface area contributed by atoms with E-state index in [-0.39, 0.29) is 0 Å². The molecule has 2 aromatic rings. The summed E-state index contributed by atoms with van der Waals surface area (Å²) in [5.41, 5.74) is 18.2. The predicted octanol–water partition coefficient (Wildman–Crippen LogP) is 10.3. The molecule has 0 atom stereocenters. The quantitative estimate of drug-likeness (QED) is 0.447. The maximum atomic E-state index is 2.31. The molecule has 0 unspecified atom stereocenters. The molecule has 180 valence electrons. The first-order valence-electron chi connectivity index (χ1n) is 12.8. The fourth-order valence-electron chi connectivity index (χ4n) is 5.98. The van der Waals surface area contributed by atoms with Gasteiger partial charge in [0, 0.05) is 0 Å². The Morgan fingerprint density at radius 3 is 0.656 bits per heavy atom. The molecule has 0 aromatic heterocycles. The first kappa shape index (κ1) is 28.5. The van der Waals surface area contributed by atoms with Crippen LogP contribution in [0, 0.1) is 55.4 Å². The summed E-state index contributed by atoms with van der Waals surface area (Å²) < 4.78 is 0. The molecule has 0 heteroatoms. The van der Waals surface area contributed by atoms with Gasteiger partial charge in [0.15, 0.2) is 0 Å². The van der Waals surface area contributed by atoms with Gasteiger partial charge in [-0.1, -0.05) is 55.4 Å². The Bertz CT molecular complexity index is 875. The number of hydrogen-bond acceptors (Lipinski definition) is 0. The van der Waals surface area contributed by atoms with E-state index in [2.05, 4.69) is 111 Å². The van der Waals surface area contributed by atoms with Crippen LogP contribution in [0.5, 0.6) is 0 Å². The first-order valence-corrected chi connectivity index (χ1v) is 12.8. The second-order valence-electron chi connectivity index (χ2n) is 11.3. The van der Waals surface area contributed by atoms with Gasteiger partial charge in [0.2, 0.25) is 0 Å². The zero-order valence-corrected chi connectivity index (χ0v) is 24.3. The molecular weight excluding hydrogens is 384 g/mol. The van der Waals surface area contributed by atoms with Gasteiger partial charge in [-0.25, -0.2) is 0 Å². The smallest absolute Gasteiger partial charge is 0.0213 e. The van der Waals surface area contributed by atoms with Crippen LogP contribution in [0.2, 0.25) is 0 Å². The first-order chi connectivity index (χ1) is 14.6. The fourth-order valence-corrected chi connectivity index (χ4v) is 5.98. The fraction of sp³-hybridized carbons (Fsp3) is 0.625. The average molecular weight is 437 g/mol. The Morgan fingerprint density at radius 2 is 0.438 bits per heavy atom. The van der Waals surface area contributed by atoms with Gasteiger partial charge < -0.3 is 0 Å². The van der Waals surface area contributed by atoms with Crippen LogP contribution < -0.4 is 0 Å². The van der Waals surface area contributed by atoms with Gasteiger partial charge in [-0.05, 0) is 146 Å². The van der Waals surface area contributed by atoms with E-state index >= 15 is 0 Å². The highest BCUT2D eigenvalue weighted by molar-refractivity contribution is 5.53. The van der Waals surface area contributed by atoms with Crippen molar-refractivity contribution in [3.05, 3.63) is 66.8 Å². The lowest BCUT2D eigenvalue weighted by Crippen LogP contribution is -2.08. The summed E-state index contributed by atoms with van der Waals surface area (Å²) in [5, 5.41) is 0. The predicted molar refractivity (Wildman–Crippen MR) is 147 cm³/mol. The molecule has 2 rings (SSSR count). The SMILES string of the molecule is Cc1c(C)c(C(C)C)c(C)c(C(C)C)c1C.Cc1c(C)c(C)c(C(C)C)c(C(C)C)c1C. The molecule has 32 heavy (non-hydrogen) atoms. The molecule has 0 aliphatic rings. The molecule has 0 N–H and O–H groups in total. The molecule has 0 fully saturated rings. The Hall–Kier alpha value is -1.56. The van der Waals surface area contributed by atoms with E-state index in [1.54, 1.807) is 22.3 Å². The number of hydrogen-bond donors (Lipinski definition) is 0. The van der Waals surface area contributed by atoms with Crippen molar-refractivity contribution < 1.29 is 0 Å². The molecule has 0 saturated heterocycles. The standard InChI is InChI=1S/2C16H26/c1-9(2)15-12(6)11(5)13(7)16(10(3)4)14(15)8;1-9(2)15-13(7)11(5)12(6)14(8)16(15)10(3)4/h2*9-10H,1-8H3. The Labute approximate surface area is 201 Å². The minimum Gasteiger partial charge on any atom is -0.0587 e. The highest BCUT2D eigenvalue weighted by atomic mass is 14.2. The lowest BCUT2D eigenvalue weighted by molar-refractivity contribution is 0.771. The third-order valence-electron chi connectivity index (χ3n) is 7.84. The van der Waals surface area contributed by atoms with Gasteiger partial charge >= 0.3 is 0 Å². The average Bonchev–Trinajstić information content (AvgIpc) is 2.66. The molecule has 0 amide bonds. The van der Waals surface area contributed by atoms with Gasteiger partial charge in [0.25, 0.3) is 0 Å². The zero-order valence-electron chi connectivity index (χ0n) is 24.3. The summed E-state index contributed by atoms with van der Waals surface area (Å²) in [6.45, 7) is 36.6. The van der Waals surface area contributed by atoms with Gasteiger partial charge in [-0.2, -0.15) is 0 Å². The van der Waals surface area contributed by atoms with Crippen LogP contribution in [0.15, 0.2) is 0 Å². The summed E-state index contributed by atoms with van der Waals surface area (Å²) >= 11 is 0. The van der Waals surface area contributed by atoms with E-state index in [4.69, 9.17) is 0 Å². The normalized spacial score (nSPS) is 11.6. The van der Waals surface area contributed by atoms with Crippen molar-refractivity contribution in [3.63, 3.8) is 0 Å². The van der Waals surface area contributed by atoms with Crippen LogP contribution in [0.3, 0.4) is 0 Å². The maximum Gasteiger partial charge on any atom is -0.0213 e. The zero-order chi connectivity index (χ0) is 25.2. The molecule has 0 aliphatic heterocycles. The van der Waals surface area contributed by atoms with Crippen molar-refractivity contribution in [2.75, 3.05) is 0 Å². The second kappa shape index (κ2) is 11.0. The van der Waals surface area contributed by atoms with E-state index in [1.807, 2.05) is 0 Å². The number of rotatable bonds is 4. The second-order valence-corrected chi connectivity index (χ2v) is 11.3. The van der Waals surface area contributed by atoms with Crippen LogP contribution in [0.1, 0.15) is 146 Å². The Morgan fingerprint density at radius 1 is 0.250 bits per heavy atom. The summed E-state index contributed by atoms with van der Waals surface area (Å²) in [4.78, 5) is 0. The van der Waals surface area contributed by atoms with Crippen LogP contribution in [0.4, 0.5) is 0 Å². The van der Waals surface area contributed by atoms with Crippen LogP contribution in [-0.4, -0.2) is 0 Å². The molecule has 0 bridgehead atoms. The lowest BCUT2D eigenvalue weighted by atomic mass is 9.80. The molecular formula is C32H52. The van der Waals surface area contributed by atoms with Crippen molar-refractivity contribution in [2.45, 2.75) is 134 Å². The van der Waals surface area contributed by atoms with E-state index in [9.17, 15) is 0 Å². The topological polar surface area (TPSA) is 0 Å². The largest absolute Gasteiger partial charge is 0.0587 e. The van der Waals surface area contributed by atoms with E-state index < -0.39 is 0 Å². The Balaban J connectivity index is 0.000000320. The third kappa shape index (κ3) is 5.49. The van der Waals surface area contributed by atoms with Crippen molar-refractivity contribution in [3.8, 4) is 0 Å². The van der Waals surface area contributed by atoms with E-state index in [0.717, 1.165) is 0 Å². The lowest BCUT2D eigenvalue weighted by Gasteiger charge is -2.25. The van der Waals surface area contributed by atoms with Gasteiger partial charge in [0.1, 0.15) is 0 Å². The van der Waals surface area contributed by atoms with E-state index in [0.29, 0.717) is 23.7 Å². The Kier molecular flexibility index (Phi) is 9.82. The van der Waals surface area contributed by atoms with Gasteiger partial charge in [-0.15, -0.1) is 0 Å². The minimum atomic E-state index is 0.621. The highest BCUT2D eigenvalue weighted by Gasteiger charge is 2.19. The van der Waals surface area contributed by atoms with Crippen LogP contribution in [0.25, 0.3) is 0 Å². The molecule has 0 nitrogen and oxygen atoms in total. The number of benzene rings is 2. The molecule has 0 heterocycles. The van der Waals surface area contributed by atoms with Crippen molar-refractivity contribution in [1.29, 1.82) is 0 Å². The van der Waals surface area contributed by atoms with Crippen molar-refractivity contribution in [2.24, 2.45) is 0 Å². The highest BCUT2D eigenvalue weighted by Crippen LogP contribution is 2.36. The van der Waals surface area contributed by atoms with Gasteiger partial charge in [0.05, 0.1) is 0 Å². The van der Waals surface area contributed by atoms with E-state index in [1.165, 1.54) is 44.5 Å². The van der Waals surface area contributed by atoms with Crippen molar-refractivity contribution in [1.82, 2.24) is 0 Å². The molecule has 2 aromatic carbocycles. The minimum absolute atomic E-state index is 0.621. The monoisotopic (exact) mass is 436 g/mol. The summed E-state index contributed by atoms with van der Waals surface area (Å²) in [7, 11) is 0. The summed E-state index contributed by atoms with van der Waals surface area (Å²) in [5.74, 6) is 2.49. The summed E-state index contributed by atoms with van der Waals surface area (Å²) in [6.07, 6.45) is 0. The maximum absolute atomic E-state index is 2.31. The molecule has 0 spiro atoms. The molecule has 0 radical (unpaired) electrons. The van der Waals surface area contributed by atoms with Gasteiger partial charge in [-0.3, -0.25) is 0 Å². The third-order valence-corrected chi connectivity index (χ3v) is 7.84. The molecule has 0 aliphatic carbocycles.